The lowest BCUT2D eigenvalue weighted by Crippen LogP contribution is -2.42. The van der Waals surface area contributed by atoms with Crippen LogP contribution in [0.1, 0.15) is 34.6 Å². The van der Waals surface area contributed by atoms with Crippen LogP contribution in [0.4, 0.5) is 0 Å². The van der Waals surface area contributed by atoms with Crippen molar-refractivity contribution in [3.8, 4) is 0 Å². The van der Waals surface area contributed by atoms with Gasteiger partial charge in [-0.15, -0.1) is 0 Å². The summed E-state index contributed by atoms with van der Waals surface area (Å²) in [5, 5.41) is 7.03. The van der Waals surface area contributed by atoms with E-state index in [9.17, 15) is 4.79 Å². The molecular weight excluding hydrogens is 222 g/mol. The van der Waals surface area contributed by atoms with E-state index < -0.39 is 0 Å². The highest BCUT2D eigenvalue weighted by Gasteiger charge is 2.27. The Morgan fingerprint density at radius 1 is 1.56 bits per heavy atom. The van der Waals surface area contributed by atoms with E-state index in [0.29, 0.717) is 0 Å². The molecule has 0 unspecified atom stereocenters. The van der Waals surface area contributed by atoms with Crippen LogP contribution in [0.15, 0.2) is 4.99 Å². The van der Waals surface area contributed by atoms with Gasteiger partial charge in [-0.25, -0.2) is 0 Å². The molecule has 5 heteroatoms. The van der Waals surface area contributed by atoms with Gasteiger partial charge in [0, 0.05) is 16.8 Å². The van der Waals surface area contributed by atoms with Crippen LogP contribution in [0, 0.1) is 0 Å². The van der Waals surface area contributed by atoms with Gasteiger partial charge in [-0.05, 0) is 34.6 Å². The second kappa shape index (κ2) is 4.65. The second-order valence-corrected chi connectivity index (χ2v) is 6.68. The molecule has 1 fully saturated rings. The summed E-state index contributed by atoms with van der Waals surface area (Å²) in [7, 11) is 0. The molecule has 0 aromatic heterocycles. The predicted octanol–water partition coefficient (Wildman–Crippen LogP) is 1.37. The Balaban J connectivity index is 2.40. The molecule has 2 N–H and O–H groups in total. The highest BCUT2D eigenvalue weighted by atomic mass is 32.2. The second-order valence-electron chi connectivity index (χ2n) is 5.72. The largest absolute Gasteiger partial charge is 0.359 e. The zero-order valence-corrected chi connectivity index (χ0v) is 11.5. The normalized spacial score (nSPS) is 21.9. The zero-order valence-electron chi connectivity index (χ0n) is 10.7. The predicted molar refractivity (Wildman–Crippen MR) is 69.9 cm³/mol. The topological polar surface area (TPSA) is 53.5 Å². The molecular formula is C11H21N3OS. The minimum Gasteiger partial charge on any atom is -0.359 e. The third-order valence-corrected chi connectivity index (χ3v) is 3.27. The van der Waals surface area contributed by atoms with Crippen molar-refractivity contribution in [2.24, 2.45) is 4.99 Å². The molecule has 0 aliphatic carbocycles. The van der Waals surface area contributed by atoms with Gasteiger partial charge >= 0.3 is 0 Å². The lowest BCUT2D eigenvalue weighted by Gasteiger charge is -2.19. The van der Waals surface area contributed by atoms with E-state index in [2.05, 4.69) is 29.5 Å². The molecule has 1 heterocycles. The van der Waals surface area contributed by atoms with Crippen molar-refractivity contribution in [2.45, 2.75) is 45.7 Å². The van der Waals surface area contributed by atoms with Crippen molar-refractivity contribution in [1.29, 1.82) is 0 Å². The van der Waals surface area contributed by atoms with Crippen LogP contribution in [0.5, 0.6) is 0 Å². The summed E-state index contributed by atoms with van der Waals surface area (Å²) in [4.78, 5) is 15.8. The maximum atomic E-state index is 11.5. The highest BCUT2D eigenvalue weighted by molar-refractivity contribution is 8.14. The van der Waals surface area contributed by atoms with Gasteiger partial charge in [-0.2, -0.15) is 0 Å². The molecule has 0 bridgehead atoms. The molecule has 92 valence electrons. The summed E-state index contributed by atoms with van der Waals surface area (Å²) < 4.78 is 0. The first-order valence-electron chi connectivity index (χ1n) is 5.44. The SMILES string of the molecule is CC(C)(C)NC(=O)CN=C1NC(C)(C)CS1. The van der Waals surface area contributed by atoms with Gasteiger partial charge in [0.2, 0.25) is 5.91 Å². The van der Waals surface area contributed by atoms with Gasteiger partial charge in [-0.1, -0.05) is 11.8 Å². The monoisotopic (exact) mass is 243 g/mol. The number of carbonyl (C=O) groups is 1. The summed E-state index contributed by atoms with van der Waals surface area (Å²) in [5.74, 6) is 0.958. The molecule has 1 amide bonds. The van der Waals surface area contributed by atoms with Crippen LogP contribution in [-0.2, 0) is 4.79 Å². The maximum absolute atomic E-state index is 11.5. The van der Waals surface area contributed by atoms with Crippen molar-refractivity contribution in [3.05, 3.63) is 0 Å². The Kier molecular flexibility index (Phi) is 3.88. The molecule has 1 saturated heterocycles. The third kappa shape index (κ3) is 4.88. The summed E-state index contributed by atoms with van der Waals surface area (Å²) in [6, 6.07) is 0. The third-order valence-electron chi connectivity index (χ3n) is 1.90. The summed E-state index contributed by atoms with van der Waals surface area (Å²) >= 11 is 1.67. The Bertz CT molecular complexity index is 305. The van der Waals surface area contributed by atoms with Gasteiger partial charge < -0.3 is 10.6 Å². The van der Waals surface area contributed by atoms with Gasteiger partial charge in [0.25, 0.3) is 0 Å². The molecule has 1 aliphatic rings. The quantitative estimate of drug-likeness (QED) is 0.770. The first-order valence-corrected chi connectivity index (χ1v) is 6.43. The van der Waals surface area contributed by atoms with Crippen molar-refractivity contribution < 1.29 is 4.79 Å². The van der Waals surface area contributed by atoms with Crippen molar-refractivity contribution >= 4 is 22.8 Å². The Morgan fingerprint density at radius 2 is 2.19 bits per heavy atom. The molecule has 0 spiro atoms. The summed E-state index contributed by atoms with van der Waals surface area (Å²) in [6.45, 7) is 10.3. The van der Waals surface area contributed by atoms with Crippen molar-refractivity contribution in [2.75, 3.05) is 12.3 Å². The maximum Gasteiger partial charge on any atom is 0.242 e. The Morgan fingerprint density at radius 3 is 2.62 bits per heavy atom. The number of nitrogens with one attached hydrogen (secondary N) is 2. The Labute approximate surface area is 102 Å². The summed E-state index contributed by atoms with van der Waals surface area (Å²) in [5.41, 5.74) is -0.100. The standard InChI is InChI=1S/C11H21N3OS/c1-10(2,3)13-8(15)6-12-9-14-11(4,5)7-16-9/h6-7H2,1-5H3,(H,12,14)(H,13,15). The van der Waals surface area contributed by atoms with Crippen LogP contribution in [0.3, 0.4) is 0 Å². The molecule has 0 saturated carbocycles. The van der Waals surface area contributed by atoms with Gasteiger partial charge in [-0.3, -0.25) is 9.79 Å². The fraction of sp³-hybridized carbons (Fsp3) is 0.818. The van der Waals surface area contributed by atoms with Crippen LogP contribution in [0.25, 0.3) is 0 Å². The van der Waals surface area contributed by atoms with Gasteiger partial charge in [0.1, 0.15) is 6.54 Å². The van der Waals surface area contributed by atoms with Crippen LogP contribution in [0.2, 0.25) is 0 Å². The number of amidine groups is 1. The van der Waals surface area contributed by atoms with E-state index in [-0.39, 0.29) is 23.5 Å². The summed E-state index contributed by atoms with van der Waals surface area (Å²) in [6.07, 6.45) is 0. The first-order chi connectivity index (χ1) is 7.18. The number of hydrogen-bond acceptors (Lipinski definition) is 3. The van der Waals surface area contributed by atoms with Gasteiger partial charge in [0.05, 0.1) is 0 Å². The molecule has 0 aromatic carbocycles. The Hall–Kier alpha value is -0.710. The fourth-order valence-corrected chi connectivity index (χ4v) is 2.37. The van der Waals surface area contributed by atoms with E-state index in [1.807, 2.05) is 20.8 Å². The average molecular weight is 243 g/mol. The minimum absolute atomic E-state index is 0.0351. The molecule has 16 heavy (non-hydrogen) atoms. The van der Waals surface area contributed by atoms with Crippen LogP contribution >= 0.6 is 11.8 Å². The van der Waals surface area contributed by atoms with E-state index in [1.54, 1.807) is 11.8 Å². The van der Waals surface area contributed by atoms with E-state index >= 15 is 0 Å². The first kappa shape index (κ1) is 13.4. The minimum atomic E-state index is -0.188. The van der Waals surface area contributed by atoms with E-state index in [4.69, 9.17) is 0 Å². The lowest BCUT2D eigenvalue weighted by molar-refractivity contribution is -0.121. The molecule has 0 atom stereocenters. The van der Waals surface area contributed by atoms with Crippen LogP contribution < -0.4 is 10.6 Å². The fourth-order valence-electron chi connectivity index (χ4n) is 1.30. The molecule has 1 rings (SSSR count). The average Bonchev–Trinajstić information content (AvgIpc) is 2.39. The molecule has 0 aromatic rings. The molecule has 4 nitrogen and oxygen atoms in total. The molecule has 0 radical (unpaired) electrons. The molecule has 1 aliphatic heterocycles. The number of rotatable bonds is 2. The van der Waals surface area contributed by atoms with Gasteiger partial charge in [0.15, 0.2) is 5.17 Å². The number of thioether (sulfide) groups is 1. The number of amides is 1. The zero-order chi connectivity index (χ0) is 12.4. The smallest absolute Gasteiger partial charge is 0.242 e. The number of nitrogens with zero attached hydrogens (tertiary/aromatic N) is 1. The highest BCUT2D eigenvalue weighted by Crippen LogP contribution is 2.21. The number of carbonyl (C=O) groups excluding carboxylic acids is 1. The lowest BCUT2D eigenvalue weighted by atomic mass is 10.1. The van der Waals surface area contributed by atoms with Crippen LogP contribution in [-0.4, -0.2) is 34.5 Å². The number of hydrogen-bond donors (Lipinski definition) is 2. The van der Waals surface area contributed by atoms with Crippen molar-refractivity contribution in [3.63, 3.8) is 0 Å². The van der Waals surface area contributed by atoms with E-state index in [1.165, 1.54) is 0 Å². The van der Waals surface area contributed by atoms with E-state index in [0.717, 1.165) is 10.9 Å². The number of aliphatic imine (C=N–C) groups is 1. The van der Waals surface area contributed by atoms with Crippen molar-refractivity contribution in [1.82, 2.24) is 10.6 Å².